The van der Waals surface area contributed by atoms with E-state index in [1.54, 1.807) is 5.57 Å². The van der Waals surface area contributed by atoms with Gasteiger partial charge < -0.3 is 10.5 Å². The Balaban J connectivity index is 1.78. The fraction of sp³-hybridized carbons (Fsp3) is 0.889. The average molecular weight is 292 g/mol. The van der Waals surface area contributed by atoms with Gasteiger partial charge in [-0.15, -0.1) is 0 Å². The molecule has 3 nitrogen and oxygen atoms in total. The first-order valence-corrected chi connectivity index (χ1v) is 9.10. The third-order valence-electron chi connectivity index (χ3n) is 5.91. The Morgan fingerprint density at radius 2 is 1.71 bits per heavy atom. The Labute approximate surface area is 129 Å². The summed E-state index contributed by atoms with van der Waals surface area (Å²) in [5.74, 6) is 0. The van der Waals surface area contributed by atoms with Gasteiger partial charge in [0.1, 0.15) is 0 Å². The summed E-state index contributed by atoms with van der Waals surface area (Å²) in [6, 6.07) is 0.246. The van der Waals surface area contributed by atoms with Crippen molar-refractivity contribution in [1.29, 1.82) is 0 Å². The summed E-state index contributed by atoms with van der Waals surface area (Å²) in [5, 5.41) is 0. The summed E-state index contributed by atoms with van der Waals surface area (Å²) >= 11 is 0. The van der Waals surface area contributed by atoms with Crippen LogP contribution in [0.3, 0.4) is 0 Å². The Bertz CT molecular complexity index is 354. The van der Waals surface area contributed by atoms with Crippen LogP contribution in [0.1, 0.15) is 64.2 Å². The van der Waals surface area contributed by atoms with Gasteiger partial charge in [0.05, 0.1) is 13.2 Å². The second-order valence-corrected chi connectivity index (χ2v) is 7.12. The predicted molar refractivity (Wildman–Crippen MR) is 87.4 cm³/mol. The van der Waals surface area contributed by atoms with E-state index in [1.165, 1.54) is 64.2 Å². The van der Waals surface area contributed by atoms with Crippen LogP contribution in [-0.4, -0.2) is 42.8 Å². The van der Waals surface area contributed by atoms with Crippen molar-refractivity contribution in [2.24, 2.45) is 5.73 Å². The highest BCUT2D eigenvalue weighted by molar-refractivity contribution is 5.21. The van der Waals surface area contributed by atoms with Gasteiger partial charge >= 0.3 is 0 Å². The van der Waals surface area contributed by atoms with Crippen LogP contribution < -0.4 is 5.73 Å². The summed E-state index contributed by atoms with van der Waals surface area (Å²) in [6.45, 7) is 3.91. The largest absolute Gasteiger partial charge is 0.379 e. The molecule has 3 aliphatic rings. The molecule has 1 heterocycles. The SMILES string of the molecule is NC(C1=CCCCCCC1)C1(N2CCOCC2)CCCC1. The van der Waals surface area contributed by atoms with Gasteiger partial charge in [0, 0.05) is 24.7 Å². The fourth-order valence-electron chi connectivity index (χ4n) is 4.66. The summed E-state index contributed by atoms with van der Waals surface area (Å²) < 4.78 is 5.57. The number of ether oxygens (including phenoxy) is 1. The summed E-state index contributed by atoms with van der Waals surface area (Å²) in [6.07, 6.45) is 15.7. The maximum absolute atomic E-state index is 6.89. The molecule has 0 aromatic heterocycles. The first-order chi connectivity index (χ1) is 10.3. The summed E-state index contributed by atoms with van der Waals surface area (Å²) in [7, 11) is 0. The summed E-state index contributed by atoms with van der Waals surface area (Å²) in [5.41, 5.74) is 8.68. The van der Waals surface area contributed by atoms with Crippen molar-refractivity contribution in [3.8, 4) is 0 Å². The van der Waals surface area contributed by atoms with Gasteiger partial charge in [-0.05, 0) is 38.5 Å². The van der Waals surface area contributed by atoms with Crippen LogP contribution in [0.5, 0.6) is 0 Å². The molecule has 0 aromatic rings. The van der Waals surface area contributed by atoms with Gasteiger partial charge in [0.2, 0.25) is 0 Å². The van der Waals surface area contributed by atoms with E-state index < -0.39 is 0 Å². The Kier molecular flexibility index (Phi) is 5.36. The molecule has 3 rings (SSSR count). The molecule has 1 unspecified atom stereocenters. The van der Waals surface area contributed by atoms with Crippen molar-refractivity contribution >= 4 is 0 Å². The summed E-state index contributed by atoms with van der Waals surface area (Å²) in [4.78, 5) is 2.67. The van der Waals surface area contributed by atoms with E-state index in [4.69, 9.17) is 10.5 Å². The quantitative estimate of drug-likeness (QED) is 0.812. The van der Waals surface area contributed by atoms with Crippen LogP contribution in [-0.2, 0) is 4.74 Å². The van der Waals surface area contributed by atoms with Crippen molar-refractivity contribution in [1.82, 2.24) is 4.90 Å². The van der Waals surface area contributed by atoms with Crippen LogP contribution in [0.2, 0.25) is 0 Å². The minimum atomic E-state index is 0.231. The van der Waals surface area contributed by atoms with Crippen LogP contribution in [0, 0.1) is 0 Å². The normalized spacial score (nSPS) is 29.5. The van der Waals surface area contributed by atoms with Gasteiger partial charge in [0.15, 0.2) is 0 Å². The maximum Gasteiger partial charge on any atom is 0.0594 e. The molecular formula is C18H32N2O. The van der Waals surface area contributed by atoms with Gasteiger partial charge in [-0.2, -0.15) is 0 Å². The minimum absolute atomic E-state index is 0.231. The maximum atomic E-state index is 6.89. The van der Waals surface area contributed by atoms with Crippen LogP contribution in [0.15, 0.2) is 11.6 Å². The minimum Gasteiger partial charge on any atom is -0.379 e. The molecule has 1 aliphatic heterocycles. The number of nitrogens with two attached hydrogens (primary N) is 1. The van der Waals surface area contributed by atoms with Crippen molar-refractivity contribution in [2.75, 3.05) is 26.3 Å². The fourth-order valence-corrected chi connectivity index (χ4v) is 4.66. The van der Waals surface area contributed by atoms with E-state index in [2.05, 4.69) is 11.0 Å². The molecule has 1 saturated heterocycles. The molecule has 21 heavy (non-hydrogen) atoms. The zero-order valence-corrected chi connectivity index (χ0v) is 13.5. The lowest BCUT2D eigenvalue weighted by Gasteiger charge is -2.48. The monoisotopic (exact) mass is 292 g/mol. The molecule has 0 aromatic carbocycles. The lowest BCUT2D eigenvalue weighted by atomic mass is 9.79. The lowest BCUT2D eigenvalue weighted by Crippen LogP contribution is -2.61. The van der Waals surface area contributed by atoms with Crippen LogP contribution >= 0.6 is 0 Å². The molecule has 1 atom stereocenters. The predicted octanol–water partition coefficient (Wildman–Crippen LogP) is 3.24. The molecule has 120 valence electrons. The number of morpholine rings is 1. The Morgan fingerprint density at radius 3 is 2.48 bits per heavy atom. The van der Waals surface area contributed by atoms with Crippen molar-refractivity contribution < 1.29 is 4.74 Å². The van der Waals surface area contributed by atoms with Crippen molar-refractivity contribution in [2.45, 2.75) is 75.8 Å². The van der Waals surface area contributed by atoms with E-state index in [1.807, 2.05) is 0 Å². The number of rotatable bonds is 3. The first-order valence-electron chi connectivity index (χ1n) is 9.10. The van der Waals surface area contributed by atoms with Gasteiger partial charge in [-0.1, -0.05) is 37.3 Å². The smallest absolute Gasteiger partial charge is 0.0594 e. The standard InChI is InChI=1S/C18H32N2O/c19-17(16-8-4-2-1-3-5-9-16)18(10-6-7-11-18)20-12-14-21-15-13-20/h8,17H,1-7,9-15,19H2. The molecule has 2 fully saturated rings. The average Bonchev–Trinajstić information content (AvgIpc) is 2.98. The van der Waals surface area contributed by atoms with E-state index in [0.717, 1.165) is 26.3 Å². The second kappa shape index (κ2) is 7.26. The van der Waals surface area contributed by atoms with E-state index in [9.17, 15) is 0 Å². The van der Waals surface area contributed by atoms with Gasteiger partial charge in [-0.25, -0.2) is 0 Å². The third kappa shape index (κ3) is 3.35. The first kappa shape index (κ1) is 15.5. The highest BCUT2D eigenvalue weighted by atomic mass is 16.5. The number of hydrogen-bond donors (Lipinski definition) is 1. The highest BCUT2D eigenvalue weighted by Crippen LogP contribution is 2.41. The molecule has 2 aliphatic carbocycles. The number of allylic oxidation sites excluding steroid dienone is 1. The number of hydrogen-bond acceptors (Lipinski definition) is 3. The second-order valence-electron chi connectivity index (χ2n) is 7.12. The van der Waals surface area contributed by atoms with Gasteiger partial charge in [-0.3, -0.25) is 4.90 Å². The lowest BCUT2D eigenvalue weighted by molar-refractivity contribution is -0.0268. The molecule has 0 bridgehead atoms. The molecule has 0 amide bonds. The molecule has 1 saturated carbocycles. The van der Waals surface area contributed by atoms with Crippen molar-refractivity contribution in [3.63, 3.8) is 0 Å². The molecule has 2 N–H and O–H groups in total. The molecular weight excluding hydrogens is 260 g/mol. The Hall–Kier alpha value is -0.380. The molecule has 0 radical (unpaired) electrons. The van der Waals surface area contributed by atoms with E-state index in [0.29, 0.717) is 0 Å². The van der Waals surface area contributed by atoms with Gasteiger partial charge in [0.25, 0.3) is 0 Å². The Morgan fingerprint density at radius 1 is 1.00 bits per heavy atom. The van der Waals surface area contributed by atoms with Crippen molar-refractivity contribution in [3.05, 3.63) is 11.6 Å². The highest BCUT2D eigenvalue weighted by Gasteiger charge is 2.45. The zero-order chi connectivity index (χ0) is 14.5. The topological polar surface area (TPSA) is 38.5 Å². The zero-order valence-electron chi connectivity index (χ0n) is 13.5. The molecule has 3 heteroatoms. The van der Waals surface area contributed by atoms with Crippen LogP contribution in [0.25, 0.3) is 0 Å². The third-order valence-corrected chi connectivity index (χ3v) is 5.91. The van der Waals surface area contributed by atoms with E-state index in [-0.39, 0.29) is 11.6 Å². The molecule has 0 spiro atoms. The van der Waals surface area contributed by atoms with Crippen LogP contribution in [0.4, 0.5) is 0 Å². The van der Waals surface area contributed by atoms with E-state index >= 15 is 0 Å². The number of nitrogens with zero attached hydrogens (tertiary/aromatic N) is 1.